The lowest BCUT2D eigenvalue weighted by Gasteiger charge is -1.94. The van der Waals surface area contributed by atoms with E-state index in [-0.39, 0.29) is 0 Å². The summed E-state index contributed by atoms with van der Waals surface area (Å²) in [4.78, 5) is 4.09. The molecule has 0 aliphatic carbocycles. The summed E-state index contributed by atoms with van der Waals surface area (Å²) in [7, 11) is 0. The Morgan fingerprint density at radius 1 is 1.42 bits per heavy atom. The molecule has 0 atom stereocenters. The Bertz CT molecular complexity index is 371. The van der Waals surface area contributed by atoms with Crippen LogP contribution in [0, 0.1) is 0 Å². The summed E-state index contributed by atoms with van der Waals surface area (Å²) >= 11 is 3.33. The number of tetrazole rings is 1. The minimum atomic E-state index is 0.488. The van der Waals surface area contributed by atoms with E-state index in [1.54, 1.807) is 6.20 Å². The summed E-state index contributed by atoms with van der Waals surface area (Å²) < 4.78 is 0.853. The lowest BCUT2D eigenvalue weighted by Crippen LogP contribution is -1.86. The SMILES string of the molecule is Brc1cccnc1-c1nn[nH]n1. The van der Waals surface area contributed by atoms with E-state index in [0.717, 1.165) is 4.47 Å². The van der Waals surface area contributed by atoms with Crippen LogP contribution in [0.2, 0.25) is 0 Å². The van der Waals surface area contributed by atoms with Crippen LogP contribution in [-0.2, 0) is 0 Å². The molecule has 0 aliphatic rings. The van der Waals surface area contributed by atoms with Gasteiger partial charge in [-0.05, 0) is 33.3 Å². The highest BCUT2D eigenvalue weighted by Crippen LogP contribution is 2.20. The molecule has 0 saturated carbocycles. The van der Waals surface area contributed by atoms with Crippen molar-refractivity contribution in [1.29, 1.82) is 0 Å². The van der Waals surface area contributed by atoms with Crippen molar-refractivity contribution in [2.24, 2.45) is 0 Å². The third-order valence-electron chi connectivity index (χ3n) is 1.32. The van der Waals surface area contributed by atoms with Gasteiger partial charge in [0.05, 0.1) is 0 Å². The van der Waals surface area contributed by atoms with Crippen LogP contribution >= 0.6 is 15.9 Å². The first kappa shape index (κ1) is 7.35. The average Bonchev–Trinajstić information content (AvgIpc) is 2.57. The normalized spacial score (nSPS) is 10.1. The minimum absolute atomic E-state index is 0.488. The van der Waals surface area contributed by atoms with Gasteiger partial charge in [-0.25, -0.2) is 0 Å². The van der Waals surface area contributed by atoms with Crippen molar-refractivity contribution in [3.8, 4) is 11.5 Å². The third kappa shape index (κ3) is 1.20. The molecule has 2 aromatic heterocycles. The number of hydrogen-bond donors (Lipinski definition) is 1. The topological polar surface area (TPSA) is 67.3 Å². The van der Waals surface area contributed by atoms with Crippen LogP contribution in [0.5, 0.6) is 0 Å². The lowest BCUT2D eigenvalue weighted by molar-refractivity contribution is 0.881. The Kier molecular flexibility index (Phi) is 1.83. The zero-order chi connectivity index (χ0) is 8.39. The van der Waals surface area contributed by atoms with E-state index in [1.165, 1.54) is 0 Å². The summed E-state index contributed by atoms with van der Waals surface area (Å²) in [6.45, 7) is 0. The van der Waals surface area contributed by atoms with Crippen LogP contribution in [0.15, 0.2) is 22.8 Å². The van der Waals surface area contributed by atoms with Gasteiger partial charge in [-0.15, -0.1) is 10.2 Å². The van der Waals surface area contributed by atoms with Gasteiger partial charge in [0.15, 0.2) is 0 Å². The Labute approximate surface area is 76.3 Å². The maximum Gasteiger partial charge on any atom is 0.224 e. The molecule has 0 fully saturated rings. The number of aromatic amines is 1. The van der Waals surface area contributed by atoms with Crippen LogP contribution in [0.25, 0.3) is 11.5 Å². The summed E-state index contributed by atoms with van der Waals surface area (Å²) in [5.74, 6) is 0.488. The zero-order valence-electron chi connectivity index (χ0n) is 5.90. The lowest BCUT2D eigenvalue weighted by atomic mass is 10.3. The molecule has 0 radical (unpaired) electrons. The van der Waals surface area contributed by atoms with E-state index in [9.17, 15) is 0 Å². The molecule has 0 aromatic carbocycles. The van der Waals surface area contributed by atoms with E-state index in [0.29, 0.717) is 11.5 Å². The second-order valence-electron chi connectivity index (χ2n) is 2.07. The fourth-order valence-electron chi connectivity index (χ4n) is 0.812. The van der Waals surface area contributed by atoms with Crippen molar-refractivity contribution in [3.05, 3.63) is 22.8 Å². The van der Waals surface area contributed by atoms with E-state index in [2.05, 4.69) is 41.5 Å². The molecule has 0 bridgehead atoms. The molecule has 0 aliphatic heterocycles. The maximum atomic E-state index is 4.09. The van der Waals surface area contributed by atoms with E-state index >= 15 is 0 Å². The molecule has 0 spiro atoms. The van der Waals surface area contributed by atoms with Gasteiger partial charge in [0.25, 0.3) is 0 Å². The van der Waals surface area contributed by atoms with Crippen molar-refractivity contribution in [2.75, 3.05) is 0 Å². The molecule has 12 heavy (non-hydrogen) atoms. The number of aromatic nitrogens is 5. The summed E-state index contributed by atoms with van der Waals surface area (Å²) in [6.07, 6.45) is 1.68. The van der Waals surface area contributed by atoms with E-state index in [4.69, 9.17) is 0 Å². The van der Waals surface area contributed by atoms with Crippen LogP contribution in [-0.4, -0.2) is 25.6 Å². The van der Waals surface area contributed by atoms with Crippen molar-refractivity contribution >= 4 is 15.9 Å². The summed E-state index contributed by atoms with van der Waals surface area (Å²) in [5.41, 5.74) is 0.686. The van der Waals surface area contributed by atoms with Crippen LogP contribution in [0.1, 0.15) is 0 Å². The van der Waals surface area contributed by atoms with Crippen molar-refractivity contribution < 1.29 is 0 Å². The molecule has 2 aromatic rings. The second kappa shape index (κ2) is 2.98. The third-order valence-corrected chi connectivity index (χ3v) is 1.96. The molecule has 2 heterocycles. The van der Waals surface area contributed by atoms with Gasteiger partial charge in [-0.3, -0.25) is 4.98 Å². The molecule has 6 heteroatoms. The standard InChI is InChI=1S/C6H4BrN5/c7-4-2-1-3-8-5(4)6-9-11-12-10-6/h1-3H,(H,9,10,11,12). The Morgan fingerprint density at radius 3 is 3.00 bits per heavy atom. The fourth-order valence-corrected chi connectivity index (χ4v) is 1.24. The first-order chi connectivity index (χ1) is 5.88. The van der Waals surface area contributed by atoms with E-state index in [1.807, 2.05) is 12.1 Å². The van der Waals surface area contributed by atoms with E-state index < -0.39 is 0 Å². The maximum absolute atomic E-state index is 4.09. The van der Waals surface area contributed by atoms with Crippen molar-refractivity contribution in [3.63, 3.8) is 0 Å². The van der Waals surface area contributed by atoms with Crippen LogP contribution in [0.4, 0.5) is 0 Å². The first-order valence-corrected chi connectivity index (χ1v) is 4.01. The van der Waals surface area contributed by atoms with Gasteiger partial charge in [0, 0.05) is 10.7 Å². The smallest absolute Gasteiger partial charge is 0.224 e. The average molecular weight is 226 g/mol. The highest BCUT2D eigenvalue weighted by atomic mass is 79.9. The van der Waals surface area contributed by atoms with Crippen molar-refractivity contribution in [2.45, 2.75) is 0 Å². The molecular formula is C6H4BrN5. The van der Waals surface area contributed by atoms with Gasteiger partial charge in [-0.1, -0.05) is 0 Å². The number of rotatable bonds is 1. The van der Waals surface area contributed by atoms with Crippen molar-refractivity contribution in [1.82, 2.24) is 25.6 Å². The number of pyridine rings is 1. The molecule has 1 N–H and O–H groups in total. The largest absolute Gasteiger partial charge is 0.252 e. The van der Waals surface area contributed by atoms with Crippen LogP contribution in [0.3, 0.4) is 0 Å². The quantitative estimate of drug-likeness (QED) is 0.788. The van der Waals surface area contributed by atoms with Gasteiger partial charge in [-0.2, -0.15) is 5.21 Å². The van der Waals surface area contributed by atoms with Gasteiger partial charge in [0.2, 0.25) is 5.82 Å². The number of nitrogens with zero attached hydrogens (tertiary/aromatic N) is 4. The molecule has 0 unspecified atom stereocenters. The van der Waals surface area contributed by atoms with Gasteiger partial charge < -0.3 is 0 Å². The minimum Gasteiger partial charge on any atom is -0.252 e. The summed E-state index contributed by atoms with van der Waals surface area (Å²) in [5, 5.41) is 13.4. The molecule has 2 rings (SSSR count). The highest BCUT2D eigenvalue weighted by Gasteiger charge is 2.06. The Hall–Kier alpha value is -1.30. The molecule has 0 amide bonds. The second-order valence-corrected chi connectivity index (χ2v) is 2.92. The predicted molar refractivity (Wildman–Crippen MR) is 45.1 cm³/mol. The molecule has 5 nitrogen and oxygen atoms in total. The number of H-pyrrole nitrogens is 1. The Morgan fingerprint density at radius 2 is 2.33 bits per heavy atom. The molecule has 0 saturated heterocycles. The number of halogens is 1. The fraction of sp³-hybridized carbons (Fsp3) is 0. The molecular weight excluding hydrogens is 222 g/mol. The van der Waals surface area contributed by atoms with Gasteiger partial charge in [0.1, 0.15) is 5.69 Å². The summed E-state index contributed by atoms with van der Waals surface area (Å²) in [6, 6.07) is 3.70. The predicted octanol–water partition coefficient (Wildman–Crippen LogP) is 1.02. The number of hydrogen-bond acceptors (Lipinski definition) is 4. The van der Waals surface area contributed by atoms with Gasteiger partial charge >= 0.3 is 0 Å². The number of nitrogens with one attached hydrogen (secondary N) is 1. The Balaban J connectivity index is 2.55. The molecule has 60 valence electrons. The van der Waals surface area contributed by atoms with Crippen LogP contribution < -0.4 is 0 Å². The zero-order valence-corrected chi connectivity index (χ0v) is 7.48. The highest BCUT2D eigenvalue weighted by molar-refractivity contribution is 9.10. The first-order valence-electron chi connectivity index (χ1n) is 3.22. The monoisotopic (exact) mass is 225 g/mol.